The molecule has 9 aromatic heterocycles. The summed E-state index contributed by atoms with van der Waals surface area (Å²) >= 11 is 0. The zero-order valence-corrected chi connectivity index (χ0v) is 64.8. The number of imidazole rings is 6. The highest BCUT2D eigenvalue weighted by Gasteiger charge is 2.20. The molecule has 28 N–H and O–H groups in total. The van der Waals surface area contributed by atoms with Crippen LogP contribution in [0.4, 0.5) is 0 Å². The first-order chi connectivity index (χ1) is 59.0. The van der Waals surface area contributed by atoms with Crippen molar-refractivity contribution in [1.82, 2.24) is 70.4 Å². The van der Waals surface area contributed by atoms with Crippen LogP contribution in [0.3, 0.4) is 0 Å². The van der Waals surface area contributed by atoms with Crippen molar-refractivity contribution in [2.75, 3.05) is 20.9 Å². The van der Waals surface area contributed by atoms with Crippen molar-refractivity contribution < 1.29 is 22.7 Å². The second-order valence-corrected chi connectivity index (χ2v) is 28.1. The number of aromatic nitrogens is 12. The molecule has 0 spiro atoms. The number of furan rings is 3. The van der Waals surface area contributed by atoms with Gasteiger partial charge in [0.2, 0.25) is 6.79 Å². The lowest BCUT2D eigenvalue weighted by Gasteiger charge is -2.09. The maximum Gasteiger partial charge on any atom is 0.230 e. The number of aromatic amines is 6. The van der Waals surface area contributed by atoms with Gasteiger partial charge in [0.25, 0.3) is 0 Å². The van der Waals surface area contributed by atoms with E-state index in [0.29, 0.717) is 91.3 Å². The Hall–Kier alpha value is -17.8. The molecule has 0 aliphatic carbocycles. The Morgan fingerprint density at radius 2 is 0.613 bits per heavy atom. The van der Waals surface area contributed by atoms with E-state index in [4.69, 9.17) is 110 Å². The van der Waals surface area contributed by atoms with Gasteiger partial charge in [0.15, 0.2) is 34.8 Å². The lowest BCUT2D eigenvalue weighted by molar-refractivity contribution is 0.120. The number of H-pyrrole nitrogens is 6. The molecule has 0 fully saturated rings. The van der Waals surface area contributed by atoms with Gasteiger partial charge < -0.3 is 97.7 Å². The third-order valence-corrected chi connectivity index (χ3v) is 20.1. The number of amidine groups is 8. The van der Waals surface area contributed by atoms with Gasteiger partial charge in [-0.05, 0) is 218 Å². The Bertz CT molecular complexity index is 7210. The van der Waals surface area contributed by atoms with Crippen molar-refractivity contribution >= 4 is 146 Å². The lowest BCUT2D eigenvalue weighted by Crippen LogP contribution is -2.17. The maximum atomic E-state index is 8.02. The maximum absolute atomic E-state index is 8.02. The zero-order chi connectivity index (χ0) is 84.7. The average molecular weight is 1650 g/mol. The summed E-state index contributed by atoms with van der Waals surface area (Å²) in [5.41, 5.74) is 53.1. The summed E-state index contributed by atoms with van der Waals surface area (Å²) in [5.74, 6) is 7.70. The molecule has 0 amide bonds. The molecule has 124 heavy (non-hydrogen) atoms. The van der Waals surface area contributed by atoms with Crippen LogP contribution in [0, 0.1) is 43.3 Å². The number of hydrogen-bond acceptors (Lipinski definition) is 19. The Labute approximate surface area is 704 Å². The molecule has 20 rings (SSSR count). The van der Waals surface area contributed by atoms with E-state index >= 15 is 0 Å². The molecule has 0 bridgehead atoms. The molecule has 33 nitrogen and oxygen atoms in total. The predicted molar refractivity (Wildman–Crippen MR) is 490 cm³/mol. The Balaban J connectivity index is 0.000000130. The molecule has 33 heteroatoms. The molecule has 9 heterocycles. The predicted octanol–water partition coefficient (Wildman–Crippen LogP) is 15.7. The molecule has 0 saturated heterocycles. The van der Waals surface area contributed by atoms with Gasteiger partial charge in [-0.25, -0.2) is 29.9 Å². The largest absolute Gasteiger partial charge is 0.458 e. The smallest absolute Gasteiger partial charge is 0.230 e. The van der Waals surface area contributed by atoms with E-state index < -0.39 is 0 Å². The van der Waals surface area contributed by atoms with E-state index in [1.807, 2.05) is 127 Å². The SMILES string of the molecule is C.C.CNC(=N)c1ccc2[nH]c(-c3ccc4c(c3)oc3cc(-c5nc6cc(C(=N)NC)ccc6[nH]5)ccc34)nc2c1.N=C(N)c1ccc(OCOc2ccc(C(=N)N)cc2)cc1.N=C(N)c1ccc2nc(-c3ccc(-c4nc5ccc(C(=N)N)cc5[nH]4)o3)[nH]c2c1.N=C(N)c1ccc2nc(-c3ccc4oc(-c5nc6ccc(C(=N)N)cc6[nH]5)cc4c3)[nH]c2c1. The van der Waals surface area contributed by atoms with Crippen molar-refractivity contribution in [1.29, 1.82) is 43.3 Å². The van der Waals surface area contributed by atoms with E-state index in [2.05, 4.69) is 72.6 Å². The lowest BCUT2D eigenvalue weighted by atomic mass is 10.1. The molecule has 0 atom stereocenters. The molecule has 0 aliphatic rings. The van der Waals surface area contributed by atoms with Gasteiger partial charge in [0, 0.05) is 91.5 Å². The van der Waals surface area contributed by atoms with Crippen molar-refractivity contribution in [3.05, 3.63) is 275 Å². The van der Waals surface area contributed by atoms with Crippen LogP contribution in [0.2, 0.25) is 0 Å². The normalized spacial score (nSPS) is 11.0. The molecule has 0 aliphatic heterocycles. The molecule has 20 aromatic rings. The van der Waals surface area contributed by atoms with Crippen molar-refractivity contribution in [3.63, 3.8) is 0 Å². The fourth-order valence-electron chi connectivity index (χ4n) is 13.7. The van der Waals surface area contributed by atoms with Gasteiger partial charge in [-0.2, -0.15) is 0 Å². The molecule has 616 valence electrons. The fourth-order valence-corrected chi connectivity index (χ4v) is 13.7. The number of ether oxygens (including phenoxy) is 2. The van der Waals surface area contributed by atoms with Crippen LogP contribution >= 0.6 is 0 Å². The summed E-state index contributed by atoms with van der Waals surface area (Å²) in [4.78, 5) is 47.6. The summed E-state index contributed by atoms with van der Waals surface area (Å²) in [7, 11) is 3.47. The van der Waals surface area contributed by atoms with Gasteiger partial charge in [0.05, 0.1) is 66.2 Å². The van der Waals surface area contributed by atoms with Crippen LogP contribution in [0.25, 0.3) is 168 Å². The minimum atomic E-state index is 0. The van der Waals surface area contributed by atoms with E-state index in [1.165, 1.54) is 0 Å². The van der Waals surface area contributed by atoms with Crippen molar-refractivity contribution in [3.8, 4) is 80.4 Å². The van der Waals surface area contributed by atoms with Crippen LogP contribution in [-0.4, -0.2) is 127 Å². The van der Waals surface area contributed by atoms with Crippen molar-refractivity contribution in [2.24, 2.45) is 34.4 Å². The van der Waals surface area contributed by atoms with Gasteiger partial charge in [0.1, 0.15) is 92.4 Å². The third-order valence-electron chi connectivity index (χ3n) is 20.1. The second kappa shape index (κ2) is 33.7. The Morgan fingerprint density at radius 3 is 0.992 bits per heavy atom. The highest BCUT2D eigenvalue weighted by Crippen LogP contribution is 2.37. The van der Waals surface area contributed by atoms with Gasteiger partial charge in [-0.15, -0.1) is 0 Å². The molecule has 0 unspecified atom stereocenters. The van der Waals surface area contributed by atoms with E-state index in [1.54, 1.807) is 105 Å². The summed E-state index contributed by atoms with van der Waals surface area (Å²) in [6, 6.07) is 70.4. The number of benzene rings is 11. The minimum Gasteiger partial charge on any atom is -0.458 e. The van der Waals surface area contributed by atoms with Crippen LogP contribution < -0.4 is 54.5 Å². The monoisotopic (exact) mass is 1650 g/mol. The third kappa shape index (κ3) is 16.7. The standard InChI is InChI=1S/C30H24N8O.C24H18N8O.C20H16N8O.C15H16N4O2.2CH4/c1-33-27(31)15-5-9-21-23(11-15)37-29(35-21)17-3-7-19-20-8-4-18(14-26(20)39-25(19)13-17)30-36-22-10-6-16(28(32)34-2)12-24(22)38-30;25-21(26)11-1-4-15-17(8-11)31-23(29-15)13-3-6-19-14(7-13)10-20(33-19)24-30-16-5-2-12(22(27)28)9-18(16)32-24;21-17(22)9-1-3-11-13(7-9)27-19(25-11)15-5-6-16(29-15)20-26-12-4-2-10(18(23)24)8-14(12)28-20;16-14(17)10-1-5-12(6-2-10)20-9-21-13-7-3-11(4-8-13)15(18)19;;/h3-14H,1-2H3,(H2,31,33)(H2,32,34)(H,35,37)(H,36,38);1-10H,(H3,25,26)(H3,27,28)(H,29,31)(H,30,32);1-8H,(H3,21,22)(H3,23,24)(H,25,27)(H,26,28);1-8H,9H2,(H3,16,17)(H3,18,19);2*1H4. The van der Waals surface area contributed by atoms with Crippen LogP contribution in [0.15, 0.2) is 244 Å². The summed E-state index contributed by atoms with van der Waals surface area (Å²) < 4.78 is 29.1. The number of nitrogens with one attached hydrogen (secondary N) is 16. The van der Waals surface area contributed by atoms with Crippen molar-refractivity contribution in [2.45, 2.75) is 14.9 Å². The summed E-state index contributed by atoms with van der Waals surface area (Å²) in [5, 5.41) is 69.7. The van der Waals surface area contributed by atoms with E-state index in [-0.39, 0.29) is 56.7 Å². The van der Waals surface area contributed by atoms with Gasteiger partial charge in [-0.3, -0.25) is 43.3 Å². The summed E-state index contributed by atoms with van der Waals surface area (Å²) in [6.07, 6.45) is 0. The molecule has 11 aromatic carbocycles. The Morgan fingerprint density at radius 1 is 0.290 bits per heavy atom. The number of rotatable bonds is 18. The number of fused-ring (bicyclic) bond motifs is 10. The first-order valence-corrected chi connectivity index (χ1v) is 37.6. The number of nitrogens with two attached hydrogens (primary N) is 6. The van der Waals surface area contributed by atoms with E-state index in [0.717, 1.165) is 144 Å². The molecular weight excluding hydrogens is 1570 g/mol. The fraction of sp³-hybridized carbons (Fsp3) is 0.0549. The van der Waals surface area contributed by atoms with Crippen LogP contribution in [-0.2, 0) is 0 Å². The van der Waals surface area contributed by atoms with Crippen LogP contribution in [0.1, 0.15) is 59.4 Å². The number of nitrogens with zero attached hydrogens (tertiary/aromatic N) is 6. The van der Waals surface area contributed by atoms with Crippen LogP contribution in [0.5, 0.6) is 11.5 Å². The topological polar surface area (TPSA) is 601 Å². The minimum absolute atomic E-state index is 0. The summed E-state index contributed by atoms with van der Waals surface area (Å²) in [6.45, 7) is 0.0544. The number of nitrogen functional groups attached to an aromatic ring is 6. The Kier molecular flexibility index (Phi) is 22.1. The molecule has 0 radical (unpaired) electrons. The molecule has 0 saturated carbocycles. The molecular formula is C91H82N28O5. The van der Waals surface area contributed by atoms with Gasteiger partial charge >= 0.3 is 0 Å². The van der Waals surface area contributed by atoms with Gasteiger partial charge in [-0.1, -0.05) is 27.0 Å². The first-order valence-electron chi connectivity index (χ1n) is 37.6. The highest BCUT2D eigenvalue weighted by molar-refractivity contribution is 6.08. The number of hydrogen-bond donors (Lipinski definition) is 22. The second-order valence-electron chi connectivity index (χ2n) is 28.1. The van der Waals surface area contributed by atoms with E-state index in [9.17, 15) is 0 Å². The zero-order valence-electron chi connectivity index (χ0n) is 64.8. The first kappa shape index (κ1) is 81.4. The quantitative estimate of drug-likeness (QED) is 0.0215. The average Bonchev–Trinajstić information content (AvgIpc) is 1.61. The highest BCUT2D eigenvalue weighted by atomic mass is 16.7.